The van der Waals surface area contributed by atoms with E-state index < -0.39 is 12.9 Å². The molecule has 182 valence electrons. The summed E-state index contributed by atoms with van der Waals surface area (Å²) >= 11 is 5.94. The minimum atomic E-state index is -4.23. The molecular formula is C27H21BClF2N2NaO3. The summed E-state index contributed by atoms with van der Waals surface area (Å²) in [5, 5.41) is 10.0. The Morgan fingerprint density at radius 1 is 1.00 bits per heavy atom. The van der Waals surface area contributed by atoms with Gasteiger partial charge >= 0.3 is 42.5 Å². The number of rotatable bonds is 3. The van der Waals surface area contributed by atoms with Gasteiger partial charge in [-0.15, -0.1) is 0 Å². The summed E-state index contributed by atoms with van der Waals surface area (Å²) < 4.78 is 34.6. The van der Waals surface area contributed by atoms with Crippen molar-refractivity contribution in [3.05, 3.63) is 116 Å². The smallest absolute Gasteiger partial charge is 0.478 e. The van der Waals surface area contributed by atoms with E-state index in [-0.39, 0.29) is 45.9 Å². The number of aromatic carboxylic acids is 1. The minimum Gasteiger partial charge on any atom is -0.478 e. The van der Waals surface area contributed by atoms with Crippen LogP contribution in [0.25, 0.3) is 11.6 Å². The predicted octanol–water partition coefficient (Wildman–Crippen LogP) is 1.22. The average Bonchev–Trinajstić information content (AvgIpc) is 3.32. The number of nitrogens with zero attached hydrogens (tertiary/aromatic N) is 2. The van der Waals surface area contributed by atoms with Crippen LogP contribution in [-0.2, 0) is 4.79 Å². The van der Waals surface area contributed by atoms with Gasteiger partial charge in [0.05, 0.1) is 10.6 Å². The van der Waals surface area contributed by atoms with Crippen molar-refractivity contribution in [3.8, 4) is 0 Å². The van der Waals surface area contributed by atoms with Crippen LogP contribution in [-0.4, -0.2) is 32.8 Å². The molecule has 0 saturated heterocycles. The molecule has 2 aromatic heterocycles. The molecule has 3 heterocycles. The van der Waals surface area contributed by atoms with Gasteiger partial charge in [-0.05, 0) is 91.2 Å². The van der Waals surface area contributed by atoms with Crippen LogP contribution in [0.4, 0.5) is 8.63 Å². The van der Waals surface area contributed by atoms with Gasteiger partial charge in [-0.1, -0.05) is 35.9 Å². The van der Waals surface area contributed by atoms with Crippen molar-refractivity contribution in [1.82, 2.24) is 8.96 Å². The van der Waals surface area contributed by atoms with E-state index >= 15 is 8.63 Å². The third-order valence-electron chi connectivity index (χ3n) is 6.59. The van der Waals surface area contributed by atoms with Crippen molar-refractivity contribution >= 4 is 42.0 Å². The SMILES string of the molecule is Cc1cc(C)n2c1C(c1ccc(C(=O)O)cc1)=c1c(C)cc(=CC=C3C=CC(=O)C(Cl)=C3)n1[B-]2(F)F.[Na+]. The van der Waals surface area contributed by atoms with Crippen LogP contribution in [0.5, 0.6) is 0 Å². The molecule has 0 radical (unpaired) electrons. The van der Waals surface area contributed by atoms with Gasteiger partial charge in [0.15, 0.2) is 5.78 Å². The van der Waals surface area contributed by atoms with E-state index in [1.165, 1.54) is 24.3 Å². The Balaban J connectivity index is 0.00000320. The molecule has 1 N–H and O–H groups in total. The molecule has 2 aliphatic rings. The number of aryl methyl sites for hydroxylation is 3. The normalized spacial score (nSPS) is 17.4. The number of carboxylic acids is 1. The molecule has 0 amide bonds. The van der Waals surface area contributed by atoms with E-state index in [1.54, 1.807) is 63.3 Å². The van der Waals surface area contributed by atoms with Crippen LogP contribution in [0, 0.1) is 20.8 Å². The summed E-state index contributed by atoms with van der Waals surface area (Å²) in [6, 6.07) is 9.70. The molecule has 0 fully saturated rings. The zero-order valence-corrected chi connectivity index (χ0v) is 23.5. The van der Waals surface area contributed by atoms with Gasteiger partial charge in [0, 0.05) is 22.0 Å². The van der Waals surface area contributed by atoms with E-state index in [4.69, 9.17) is 11.6 Å². The summed E-state index contributed by atoms with van der Waals surface area (Å²) in [4.78, 5) is 23.0. The number of benzene rings is 1. The molecule has 1 aliphatic carbocycles. The van der Waals surface area contributed by atoms with Gasteiger partial charge in [0.25, 0.3) is 0 Å². The van der Waals surface area contributed by atoms with E-state index in [2.05, 4.69) is 0 Å². The number of ketones is 1. The van der Waals surface area contributed by atoms with Crippen molar-refractivity contribution in [1.29, 1.82) is 0 Å². The predicted molar refractivity (Wildman–Crippen MR) is 137 cm³/mol. The number of carbonyl (C=O) groups excluding carboxylic acids is 1. The minimum absolute atomic E-state index is 0. The molecular weight excluding hydrogens is 508 g/mol. The number of carbonyl (C=O) groups is 2. The quantitative estimate of drug-likeness (QED) is 0.520. The maximum absolute atomic E-state index is 16.2. The Hall–Kier alpha value is -2.91. The van der Waals surface area contributed by atoms with Crippen LogP contribution in [0.2, 0.25) is 0 Å². The van der Waals surface area contributed by atoms with E-state index in [0.717, 1.165) is 8.96 Å². The Kier molecular flexibility index (Phi) is 7.16. The largest absolute Gasteiger partial charge is 1.00 e. The molecule has 5 rings (SSSR count). The number of allylic oxidation sites excluding steroid dienone is 6. The fourth-order valence-corrected chi connectivity index (χ4v) is 5.27. The molecule has 10 heteroatoms. The van der Waals surface area contributed by atoms with Crippen LogP contribution in [0.15, 0.2) is 71.3 Å². The fourth-order valence-electron chi connectivity index (χ4n) is 5.08. The standard InChI is InChI=1S/C27H21BClF2N2O3.Na/c1-15-12-17(3)32-25(15)24(19-6-8-20(9-7-19)27(35)36)26-16(2)13-21(33(26)28(32,30)31)10-4-18-5-11-23(34)22(29)14-18;/h4-14H,1-3H3,(H,35,36);/q-1;+1. The van der Waals surface area contributed by atoms with Gasteiger partial charge in [0.1, 0.15) is 0 Å². The summed E-state index contributed by atoms with van der Waals surface area (Å²) in [5.41, 5.74) is 4.20. The molecule has 37 heavy (non-hydrogen) atoms. The molecule has 0 spiro atoms. The van der Waals surface area contributed by atoms with E-state index in [1.807, 2.05) is 0 Å². The first kappa shape index (κ1) is 27.1. The molecule has 0 atom stereocenters. The second-order valence-electron chi connectivity index (χ2n) is 9.03. The molecule has 5 nitrogen and oxygen atoms in total. The third kappa shape index (κ3) is 4.42. The Morgan fingerprint density at radius 3 is 2.30 bits per heavy atom. The average molecular weight is 529 g/mol. The van der Waals surface area contributed by atoms with Gasteiger partial charge < -0.3 is 22.7 Å². The Bertz CT molecular complexity index is 1700. The summed E-state index contributed by atoms with van der Waals surface area (Å²) in [5.74, 6) is -1.36. The van der Waals surface area contributed by atoms with Crippen LogP contribution >= 0.6 is 11.6 Å². The summed E-state index contributed by atoms with van der Waals surface area (Å²) in [7, 11) is 0. The van der Waals surface area contributed by atoms with Crippen molar-refractivity contribution < 1.29 is 52.9 Å². The first-order chi connectivity index (χ1) is 17.0. The molecule has 0 unspecified atom stereocenters. The summed E-state index contributed by atoms with van der Waals surface area (Å²) in [6.45, 7) is 1.00. The Labute approximate surface area is 239 Å². The maximum atomic E-state index is 16.2. The number of fused-ring (bicyclic) bond motifs is 2. The fraction of sp³-hybridized carbons (Fsp3) is 0.111. The second kappa shape index (κ2) is 9.76. The van der Waals surface area contributed by atoms with Crippen LogP contribution in [0.3, 0.4) is 0 Å². The number of aromatic nitrogens is 2. The second-order valence-corrected chi connectivity index (χ2v) is 9.43. The first-order valence-electron chi connectivity index (χ1n) is 11.3. The van der Waals surface area contributed by atoms with E-state index in [9.17, 15) is 14.7 Å². The van der Waals surface area contributed by atoms with Crippen molar-refractivity contribution in [3.63, 3.8) is 0 Å². The molecule has 3 aromatic rings. The molecule has 1 aromatic carbocycles. The zero-order valence-electron chi connectivity index (χ0n) is 20.7. The number of halogens is 3. The van der Waals surface area contributed by atoms with Gasteiger partial charge in [-0.2, -0.15) is 0 Å². The van der Waals surface area contributed by atoms with Crippen LogP contribution in [0.1, 0.15) is 38.4 Å². The molecule has 1 aliphatic heterocycles. The van der Waals surface area contributed by atoms with Gasteiger partial charge in [-0.25, -0.2) is 4.79 Å². The number of hydrogen-bond donors (Lipinski definition) is 1. The van der Waals surface area contributed by atoms with Gasteiger partial charge in [0.2, 0.25) is 0 Å². The third-order valence-corrected chi connectivity index (χ3v) is 6.89. The number of carboxylic acid groups (broad SMARTS) is 1. The topological polar surface area (TPSA) is 64.2 Å². The first-order valence-corrected chi connectivity index (χ1v) is 11.7. The molecule has 0 bridgehead atoms. The van der Waals surface area contributed by atoms with Crippen LogP contribution < -0.4 is 40.3 Å². The zero-order chi connectivity index (χ0) is 25.9. The van der Waals surface area contributed by atoms with E-state index in [0.29, 0.717) is 49.9 Å². The van der Waals surface area contributed by atoms with Crippen molar-refractivity contribution in [2.75, 3.05) is 0 Å². The summed E-state index contributed by atoms with van der Waals surface area (Å²) in [6.07, 6.45) is 7.65. The number of hydrogen-bond acceptors (Lipinski definition) is 2. The molecule has 0 saturated carbocycles. The monoisotopic (exact) mass is 528 g/mol. The van der Waals surface area contributed by atoms with Crippen molar-refractivity contribution in [2.24, 2.45) is 0 Å². The Morgan fingerprint density at radius 2 is 1.68 bits per heavy atom. The van der Waals surface area contributed by atoms with Gasteiger partial charge in [-0.3, -0.25) is 4.79 Å². The van der Waals surface area contributed by atoms with Crippen molar-refractivity contribution in [2.45, 2.75) is 20.8 Å². The maximum Gasteiger partial charge on any atom is 1.00 e.